The summed E-state index contributed by atoms with van der Waals surface area (Å²) in [5.74, 6) is 0.0986. The van der Waals surface area contributed by atoms with E-state index in [1.807, 2.05) is 0 Å². The highest BCUT2D eigenvalue weighted by Crippen LogP contribution is 2.10. The van der Waals surface area contributed by atoms with Gasteiger partial charge in [0.1, 0.15) is 0 Å². The molecule has 1 aliphatic rings. The molecule has 92 valence electrons. The Balaban J connectivity index is 2.41. The number of carbonyl (C=O) groups excluding carboxylic acids is 2. The van der Waals surface area contributed by atoms with Crippen molar-refractivity contribution < 1.29 is 14.3 Å². The summed E-state index contributed by atoms with van der Waals surface area (Å²) in [5.41, 5.74) is 5.15. The molecule has 0 aromatic carbocycles. The summed E-state index contributed by atoms with van der Waals surface area (Å²) in [5, 5.41) is 0. The highest BCUT2D eigenvalue weighted by atomic mass is 16.5. The van der Waals surface area contributed by atoms with Crippen LogP contribution in [0.3, 0.4) is 0 Å². The van der Waals surface area contributed by atoms with Crippen molar-refractivity contribution in [3.63, 3.8) is 0 Å². The highest BCUT2D eigenvalue weighted by molar-refractivity contribution is 5.81. The SMILES string of the molecule is CC(C)CCC(=O)N1CCOC(C(N)=O)C1. The average Bonchev–Trinajstić information content (AvgIpc) is 2.26. The zero-order valence-corrected chi connectivity index (χ0v) is 9.94. The molecule has 1 rings (SSSR count). The van der Waals surface area contributed by atoms with Crippen molar-refractivity contribution in [2.75, 3.05) is 19.7 Å². The van der Waals surface area contributed by atoms with Crippen LogP contribution in [-0.2, 0) is 14.3 Å². The Hall–Kier alpha value is -1.10. The van der Waals surface area contributed by atoms with Crippen molar-refractivity contribution >= 4 is 11.8 Å². The van der Waals surface area contributed by atoms with Crippen LogP contribution in [0.5, 0.6) is 0 Å². The molecule has 1 fully saturated rings. The van der Waals surface area contributed by atoms with E-state index in [9.17, 15) is 9.59 Å². The molecule has 1 atom stereocenters. The van der Waals surface area contributed by atoms with Crippen molar-refractivity contribution in [2.45, 2.75) is 32.8 Å². The van der Waals surface area contributed by atoms with E-state index >= 15 is 0 Å². The Morgan fingerprint density at radius 1 is 1.50 bits per heavy atom. The van der Waals surface area contributed by atoms with Gasteiger partial charge in [-0.2, -0.15) is 0 Å². The summed E-state index contributed by atoms with van der Waals surface area (Å²) in [7, 11) is 0. The van der Waals surface area contributed by atoms with Gasteiger partial charge in [0.25, 0.3) is 0 Å². The quantitative estimate of drug-likeness (QED) is 0.743. The molecule has 0 aromatic heterocycles. The number of amides is 2. The molecule has 2 N–H and O–H groups in total. The lowest BCUT2D eigenvalue weighted by atomic mass is 10.1. The van der Waals surface area contributed by atoms with Gasteiger partial charge in [0.05, 0.1) is 13.2 Å². The van der Waals surface area contributed by atoms with Gasteiger partial charge >= 0.3 is 0 Å². The third-order valence-corrected chi connectivity index (χ3v) is 2.67. The predicted molar refractivity (Wildman–Crippen MR) is 59.6 cm³/mol. The van der Waals surface area contributed by atoms with Crippen LogP contribution in [0.4, 0.5) is 0 Å². The van der Waals surface area contributed by atoms with Crippen molar-refractivity contribution in [1.29, 1.82) is 0 Å². The van der Waals surface area contributed by atoms with Gasteiger partial charge in [0.15, 0.2) is 6.10 Å². The average molecular weight is 228 g/mol. The summed E-state index contributed by atoms with van der Waals surface area (Å²) in [6, 6.07) is 0. The van der Waals surface area contributed by atoms with E-state index < -0.39 is 12.0 Å². The molecule has 1 heterocycles. The smallest absolute Gasteiger partial charge is 0.248 e. The number of nitrogens with two attached hydrogens (primary N) is 1. The molecule has 0 aromatic rings. The number of hydrogen-bond acceptors (Lipinski definition) is 3. The van der Waals surface area contributed by atoms with Gasteiger partial charge in [-0.3, -0.25) is 9.59 Å². The molecule has 2 amide bonds. The number of rotatable bonds is 4. The summed E-state index contributed by atoms with van der Waals surface area (Å²) < 4.78 is 5.18. The van der Waals surface area contributed by atoms with E-state index in [2.05, 4.69) is 13.8 Å². The van der Waals surface area contributed by atoms with Crippen molar-refractivity contribution in [3.05, 3.63) is 0 Å². The van der Waals surface area contributed by atoms with Crippen LogP contribution in [-0.4, -0.2) is 42.5 Å². The van der Waals surface area contributed by atoms with Gasteiger partial charge in [-0.05, 0) is 12.3 Å². The molecule has 1 aliphatic heterocycles. The Morgan fingerprint density at radius 3 is 2.75 bits per heavy atom. The van der Waals surface area contributed by atoms with Crippen LogP contribution in [0.1, 0.15) is 26.7 Å². The lowest BCUT2D eigenvalue weighted by Crippen LogP contribution is -2.50. The van der Waals surface area contributed by atoms with E-state index in [0.29, 0.717) is 32.0 Å². The first-order valence-electron chi connectivity index (χ1n) is 5.69. The standard InChI is InChI=1S/C11H20N2O3/c1-8(2)3-4-10(14)13-5-6-16-9(7-13)11(12)15/h8-9H,3-7H2,1-2H3,(H2,12,15). The molecule has 5 nitrogen and oxygen atoms in total. The Bertz CT molecular complexity index is 266. The van der Waals surface area contributed by atoms with Crippen LogP contribution in [0.25, 0.3) is 0 Å². The van der Waals surface area contributed by atoms with Gasteiger partial charge in [-0.25, -0.2) is 0 Å². The Kier molecular flexibility index (Phi) is 4.73. The molecule has 1 saturated heterocycles. The molecule has 0 saturated carbocycles. The first kappa shape index (κ1) is 13.0. The molecule has 1 unspecified atom stereocenters. The van der Waals surface area contributed by atoms with Crippen LogP contribution in [0.2, 0.25) is 0 Å². The molecule has 0 aliphatic carbocycles. The maximum Gasteiger partial charge on any atom is 0.248 e. The lowest BCUT2D eigenvalue weighted by Gasteiger charge is -2.31. The Labute approximate surface area is 95.9 Å². The Morgan fingerprint density at radius 2 is 2.19 bits per heavy atom. The van der Waals surface area contributed by atoms with Crippen molar-refractivity contribution in [1.82, 2.24) is 4.90 Å². The molecule has 16 heavy (non-hydrogen) atoms. The summed E-state index contributed by atoms with van der Waals surface area (Å²) >= 11 is 0. The van der Waals surface area contributed by atoms with Crippen LogP contribution in [0.15, 0.2) is 0 Å². The lowest BCUT2D eigenvalue weighted by molar-refractivity contribution is -0.145. The number of carbonyl (C=O) groups is 2. The number of ether oxygens (including phenoxy) is 1. The second-order valence-electron chi connectivity index (χ2n) is 4.53. The second kappa shape index (κ2) is 5.84. The monoisotopic (exact) mass is 228 g/mol. The van der Waals surface area contributed by atoms with Crippen molar-refractivity contribution in [2.24, 2.45) is 11.7 Å². The maximum absolute atomic E-state index is 11.8. The van der Waals surface area contributed by atoms with E-state index in [1.165, 1.54) is 0 Å². The molecular weight excluding hydrogens is 208 g/mol. The number of hydrogen-bond donors (Lipinski definition) is 1. The molecule has 0 bridgehead atoms. The maximum atomic E-state index is 11.8. The van der Waals surface area contributed by atoms with Gasteiger partial charge in [0, 0.05) is 13.0 Å². The van der Waals surface area contributed by atoms with E-state index in [4.69, 9.17) is 10.5 Å². The largest absolute Gasteiger partial charge is 0.367 e. The normalized spacial score (nSPS) is 21.2. The van der Waals surface area contributed by atoms with Crippen LogP contribution >= 0.6 is 0 Å². The third-order valence-electron chi connectivity index (χ3n) is 2.67. The molecular formula is C11H20N2O3. The van der Waals surface area contributed by atoms with Gasteiger partial charge in [0.2, 0.25) is 11.8 Å². The second-order valence-corrected chi connectivity index (χ2v) is 4.53. The number of primary amides is 1. The number of nitrogens with zero attached hydrogens (tertiary/aromatic N) is 1. The first-order valence-corrected chi connectivity index (χ1v) is 5.69. The van der Waals surface area contributed by atoms with Crippen LogP contribution < -0.4 is 5.73 Å². The third kappa shape index (κ3) is 3.81. The van der Waals surface area contributed by atoms with E-state index in [0.717, 1.165) is 6.42 Å². The minimum Gasteiger partial charge on any atom is -0.367 e. The topological polar surface area (TPSA) is 72.6 Å². The van der Waals surface area contributed by atoms with Gasteiger partial charge in [-0.1, -0.05) is 13.8 Å². The van der Waals surface area contributed by atoms with Crippen LogP contribution in [0, 0.1) is 5.92 Å². The fourth-order valence-electron chi connectivity index (χ4n) is 1.62. The highest BCUT2D eigenvalue weighted by Gasteiger charge is 2.27. The zero-order valence-electron chi connectivity index (χ0n) is 9.94. The fourth-order valence-corrected chi connectivity index (χ4v) is 1.62. The summed E-state index contributed by atoms with van der Waals surface area (Å²) in [6.45, 7) is 5.41. The fraction of sp³-hybridized carbons (Fsp3) is 0.818. The van der Waals surface area contributed by atoms with E-state index in [-0.39, 0.29) is 5.91 Å². The van der Waals surface area contributed by atoms with Gasteiger partial charge in [-0.15, -0.1) is 0 Å². The zero-order chi connectivity index (χ0) is 12.1. The minimum atomic E-state index is -0.642. The number of morpholine rings is 1. The first-order chi connectivity index (χ1) is 7.50. The molecule has 0 radical (unpaired) electrons. The minimum absolute atomic E-state index is 0.0863. The predicted octanol–water partition coefficient (Wildman–Crippen LogP) is 0.135. The molecule has 0 spiro atoms. The molecule has 5 heteroatoms. The van der Waals surface area contributed by atoms with Crippen molar-refractivity contribution in [3.8, 4) is 0 Å². The summed E-state index contributed by atoms with van der Waals surface area (Å²) in [6.07, 6.45) is 0.761. The summed E-state index contributed by atoms with van der Waals surface area (Å²) in [4.78, 5) is 24.4. The van der Waals surface area contributed by atoms with E-state index in [1.54, 1.807) is 4.90 Å². The van der Waals surface area contributed by atoms with Gasteiger partial charge < -0.3 is 15.4 Å².